The maximum absolute atomic E-state index is 10.7. The van der Waals surface area contributed by atoms with Gasteiger partial charge in [0.15, 0.2) is 0 Å². The van der Waals surface area contributed by atoms with Gasteiger partial charge >= 0.3 is 5.97 Å². The van der Waals surface area contributed by atoms with Crippen LogP contribution in [-0.2, 0) is 4.74 Å². The van der Waals surface area contributed by atoms with E-state index in [1.807, 2.05) is 0 Å². The maximum Gasteiger partial charge on any atom is 0.335 e. The first-order valence-electron chi connectivity index (χ1n) is 7.94. The largest absolute Gasteiger partial charge is 0.494 e. The maximum atomic E-state index is 10.7. The first kappa shape index (κ1) is 16.6. The molecular formula is C18H24O4. The van der Waals surface area contributed by atoms with Gasteiger partial charge in [-0.15, -0.1) is 0 Å². The summed E-state index contributed by atoms with van der Waals surface area (Å²) in [5, 5.41) is 8.81. The molecule has 0 saturated heterocycles. The van der Waals surface area contributed by atoms with Gasteiger partial charge < -0.3 is 14.6 Å². The van der Waals surface area contributed by atoms with Gasteiger partial charge in [-0.1, -0.05) is 12.2 Å². The van der Waals surface area contributed by atoms with Crippen LogP contribution in [0.2, 0.25) is 0 Å². The summed E-state index contributed by atoms with van der Waals surface area (Å²) in [7, 11) is 0. The van der Waals surface area contributed by atoms with Crippen LogP contribution < -0.4 is 4.74 Å². The Bertz CT molecular complexity index is 478. The van der Waals surface area contributed by atoms with Gasteiger partial charge in [-0.3, -0.25) is 0 Å². The number of hydrogen-bond acceptors (Lipinski definition) is 3. The van der Waals surface area contributed by atoms with Gasteiger partial charge in [-0.05, 0) is 62.3 Å². The van der Waals surface area contributed by atoms with Gasteiger partial charge in [-0.2, -0.15) is 0 Å². The third-order valence-corrected chi connectivity index (χ3v) is 3.78. The van der Waals surface area contributed by atoms with Gasteiger partial charge in [0.05, 0.1) is 12.2 Å². The molecule has 0 radical (unpaired) electrons. The molecule has 0 bridgehead atoms. The molecule has 0 aromatic heterocycles. The highest BCUT2D eigenvalue weighted by Crippen LogP contribution is 2.18. The first-order valence-corrected chi connectivity index (χ1v) is 7.94. The molecule has 0 fully saturated rings. The van der Waals surface area contributed by atoms with Crippen LogP contribution in [0.25, 0.3) is 0 Å². The Balaban J connectivity index is 1.50. The molecule has 0 saturated carbocycles. The average Bonchev–Trinajstić information content (AvgIpc) is 2.55. The lowest BCUT2D eigenvalue weighted by Gasteiger charge is -2.17. The zero-order valence-corrected chi connectivity index (χ0v) is 12.9. The van der Waals surface area contributed by atoms with E-state index in [0.717, 1.165) is 32.5 Å². The standard InChI is InChI=1S/C18H24O4/c19-18(20)16-8-10-17(11-9-16)22-13-5-4-12-21-14-15-6-2-1-3-7-15/h1-2,8-11,15H,3-7,12-14H2,(H,19,20). The molecule has 2 rings (SSSR count). The summed E-state index contributed by atoms with van der Waals surface area (Å²) in [6, 6.07) is 6.49. The quantitative estimate of drug-likeness (QED) is 0.555. The van der Waals surface area contributed by atoms with Gasteiger partial charge in [0.25, 0.3) is 0 Å². The van der Waals surface area contributed by atoms with Crippen molar-refractivity contribution < 1.29 is 19.4 Å². The van der Waals surface area contributed by atoms with E-state index < -0.39 is 5.97 Å². The topological polar surface area (TPSA) is 55.8 Å². The predicted octanol–water partition coefficient (Wildman–Crippen LogP) is 3.92. The zero-order valence-electron chi connectivity index (χ0n) is 12.9. The summed E-state index contributed by atoms with van der Waals surface area (Å²) in [6.07, 6.45) is 9.99. The number of aromatic carboxylic acids is 1. The smallest absolute Gasteiger partial charge is 0.335 e. The SMILES string of the molecule is O=C(O)c1ccc(OCCCCOCC2CC=CCC2)cc1. The van der Waals surface area contributed by atoms with Crippen LogP contribution in [0.5, 0.6) is 5.75 Å². The molecule has 0 spiro atoms. The van der Waals surface area contributed by atoms with Gasteiger partial charge in [0.2, 0.25) is 0 Å². The molecule has 0 amide bonds. The number of carbonyl (C=O) groups is 1. The number of carboxylic acid groups (broad SMARTS) is 1. The Labute approximate surface area is 131 Å². The van der Waals surface area contributed by atoms with Crippen LogP contribution in [0.15, 0.2) is 36.4 Å². The van der Waals surface area contributed by atoms with E-state index in [2.05, 4.69) is 12.2 Å². The molecular weight excluding hydrogens is 280 g/mol. The van der Waals surface area contributed by atoms with E-state index in [1.165, 1.54) is 12.8 Å². The van der Waals surface area contributed by atoms with Crippen LogP contribution in [0.4, 0.5) is 0 Å². The molecule has 1 N–H and O–H groups in total. The first-order chi connectivity index (χ1) is 10.8. The molecule has 1 aliphatic rings. The Morgan fingerprint density at radius 3 is 2.59 bits per heavy atom. The Kier molecular flexibility index (Phi) is 6.97. The lowest BCUT2D eigenvalue weighted by molar-refractivity contribution is 0.0697. The second-order valence-corrected chi connectivity index (χ2v) is 5.61. The molecule has 4 heteroatoms. The second kappa shape index (κ2) is 9.26. The molecule has 1 aromatic carbocycles. The lowest BCUT2D eigenvalue weighted by atomic mass is 9.95. The van der Waals surface area contributed by atoms with E-state index in [4.69, 9.17) is 14.6 Å². The van der Waals surface area contributed by atoms with Crippen molar-refractivity contribution >= 4 is 5.97 Å². The second-order valence-electron chi connectivity index (χ2n) is 5.61. The highest BCUT2D eigenvalue weighted by Gasteiger charge is 2.09. The number of allylic oxidation sites excluding steroid dienone is 2. The molecule has 1 aromatic rings. The zero-order chi connectivity index (χ0) is 15.6. The Hall–Kier alpha value is -1.81. The minimum Gasteiger partial charge on any atom is -0.494 e. The fourth-order valence-electron chi connectivity index (χ4n) is 2.45. The minimum atomic E-state index is -0.919. The molecule has 0 heterocycles. The number of carboxylic acids is 1. The molecule has 1 unspecified atom stereocenters. The molecule has 1 atom stereocenters. The number of hydrogen-bond donors (Lipinski definition) is 1. The highest BCUT2D eigenvalue weighted by atomic mass is 16.5. The van der Waals surface area contributed by atoms with Crippen molar-refractivity contribution in [1.29, 1.82) is 0 Å². The molecule has 4 nitrogen and oxygen atoms in total. The van der Waals surface area contributed by atoms with Gasteiger partial charge in [-0.25, -0.2) is 4.79 Å². The monoisotopic (exact) mass is 304 g/mol. The molecule has 22 heavy (non-hydrogen) atoms. The van der Waals surface area contributed by atoms with E-state index in [9.17, 15) is 4.79 Å². The lowest BCUT2D eigenvalue weighted by Crippen LogP contribution is -2.12. The summed E-state index contributed by atoms with van der Waals surface area (Å²) in [5.74, 6) is 0.478. The van der Waals surface area contributed by atoms with Crippen molar-refractivity contribution in [2.24, 2.45) is 5.92 Å². The molecule has 0 aliphatic heterocycles. The fraction of sp³-hybridized carbons (Fsp3) is 0.500. The third kappa shape index (κ3) is 5.90. The van der Waals surface area contributed by atoms with Gasteiger partial charge in [0, 0.05) is 13.2 Å². The van der Waals surface area contributed by atoms with Crippen LogP contribution in [0, 0.1) is 5.92 Å². The Morgan fingerprint density at radius 2 is 1.91 bits per heavy atom. The fourth-order valence-corrected chi connectivity index (χ4v) is 2.45. The Morgan fingerprint density at radius 1 is 1.14 bits per heavy atom. The average molecular weight is 304 g/mol. The molecule has 120 valence electrons. The van der Waals surface area contributed by atoms with E-state index in [1.54, 1.807) is 24.3 Å². The summed E-state index contributed by atoms with van der Waals surface area (Å²) in [5.41, 5.74) is 0.276. The number of ether oxygens (including phenoxy) is 2. The van der Waals surface area contributed by atoms with Crippen molar-refractivity contribution in [2.75, 3.05) is 19.8 Å². The van der Waals surface area contributed by atoms with Crippen molar-refractivity contribution in [3.8, 4) is 5.75 Å². The van der Waals surface area contributed by atoms with Crippen LogP contribution >= 0.6 is 0 Å². The summed E-state index contributed by atoms with van der Waals surface area (Å²) in [4.78, 5) is 10.7. The van der Waals surface area contributed by atoms with Crippen molar-refractivity contribution in [2.45, 2.75) is 32.1 Å². The van der Waals surface area contributed by atoms with E-state index in [-0.39, 0.29) is 5.56 Å². The highest BCUT2D eigenvalue weighted by molar-refractivity contribution is 5.87. The van der Waals surface area contributed by atoms with Crippen LogP contribution in [-0.4, -0.2) is 30.9 Å². The van der Waals surface area contributed by atoms with Crippen LogP contribution in [0.3, 0.4) is 0 Å². The number of unbranched alkanes of at least 4 members (excludes halogenated alkanes) is 1. The molecule has 1 aliphatic carbocycles. The minimum absolute atomic E-state index is 0.276. The normalized spacial score (nSPS) is 17.4. The van der Waals surface area contributed by atoms with E-state index in [0.29, 0.717) is 18.3 Å². The number of rotatable bonds is 9. The van der Waals surface area contributed by atoms with Crippen molar-refractivity contribution in [3.63, 3.8) is 0 Å². The predicted molar refractivity (Wildman–Crippen MR) is 85.4 cm³/mol. The van der Waals surface area contributed by atoms with Crippen molar-refractivity contribution in [1.82, 2.24) is 0 Å². The van der Waals surface area contributed by atoms with Crippen molar-refractivity contribution in [3.05, 3.63) is 42.0 Å². The van der Waals surface area contributed by atoms with Gasteiger partial charge in [0.1, 0.15) is 5.75 Å². The number of benzene rings is 1. The van der Waals surface area contributed by atoms with Crippen LogP contribution in [0.1, 0.15) is 42.5 Å². The third-order valence-electron chi connectivity index (χ3n) is 3.78. The van der Waals surface area contributed by atoms with E-state index >= 15 is 0 Å². The summed E-state index contributed by atoms with van der Waals surface area (Å²) in [6.45, 7) is 2.27. The summed E-state index contributed by atoms with van der Waals surface area (Å²) >= 11 is 0. The summed E-state index contributed by atoms with van der Waals surface area (Å²) < 4.78 is 11.3.